The number of anilines is 1. The molecule has 0 saturated carbocycles. The van der Waals surface area contributed by atoms with Crippen LogP contribution in [-0.2, 0) is 9.47 Å². The number of nitrogens with zero attached hydrogens (tertiary/aromatic N) is 2. The monoisotopic (exact) mass is 373 g/mol. The highest BCUT2D eigenvalue weighted by Gasteiger charge is 2.24. The van der Waals surface area contributed by atoms with Crippen molar-refractivity contribution in [2.45, 2.75) is 18.9 Å². The first kappa shape index (κ1) is 17.5. The van der Waals surface area contributed by atoms with Gasteiger partial charge in [0.2, 0.25) is 0 Å². The second-order valence-corrected chi connectivity index (χ2v) is 7.46. The predicted molar refractivity (Wildman–Crippen MR) is 102 cm³/mol. The van der Waals surface area contributed by atoms with Crippen molar-refractivity contribution in [1.29, 1.82) is 0 Å². The molecule has 0 radical (unpaired) electrons. The minimum absolute atomic E-state index is 0.0728. The van der Waals surface area contributed by atoms with Gasteiger partial charge in [-0.05, 0) is 12.8 Å². The number of nitrogens with one attached hydrogen (secondary N) is 1. The maximum atomic E-state index is 12.9. The molecule has 0 unspecified atom stereocenters. The van der Waals surface area contributed by atoms with E-state index in [4.69, 9.17) is 14.5 Å². The summed E-state index contributed by atoms with van der Waals surface area (Å²) in [6, 6.07) is 9.90. The van der Waals surface area contributed by atoms with Crippen molar-refractivity contribution >= 4 is 22.4 Å². The molecule has 1 N–H and O–H groups in total. The number of amides is 1. The van der Waals surface area contributed by atoms with Crippen LogP contribution in [0.15, 0.2) is 30.3 Å². The summed E-state index contributed by atoms with van der Waals surface area (Å²) in [6.07, 6.45) is 2.20. The number of ether oxygens (including phenoxy) is 2. The first-order chi connectivity index (χ1) is 12.8. The van der Waals surface area contributed by atoms with E-state index in [1.807, 2.05) is 30.3 Å². The molecule has 0 aliphatic carbocycles. The number of carbonyl (C=O) groups is 1. The third kappa shape index (κ3) is 3.90. The Morgan fingerprint density at radius 1 is 1.23 bits per heavy atom. The SMILES string of the molecule is O=C(NC[C@H]1CCCO1)c1sc(N2CCOCC2)nc1-c1ccccc1. The van der Waals surface area contributed by atoms with E-state index in [1.165, 1.54) is 11.3 Å². The average Bonchev–Trinajstić information content (AvgIpc) is 3.37. The molecule has 0 spiro atoms. The van der Waals surface area contributed by atoms with Crippen LogP contribution in [0, 0.1) is 0 Å². The van der Waals surface area contributed by atoms with Crippen LogP contribution in [0.1, 0.15) is 22.5 Å². The van der Waals surface area contributed by atoms with Gasteiger partial charge in [0.05, 0.1) is 25.0 Å². The van der Waals surface area contributed by atoms with Crippen LogP contribution in [0.3, 0.4) is 0 Å². The summed E-state index contributed by atoms with van der Waals surface area (Å²) in [4.78, 5) is 20.5. The predicted octanol–water partition coefficient (Wildman–Crippen LogP) is 2.56. The average molecular weight is 373 g/mol. The van der Waals surface area contributed by atoms with E-state index in [9.17, 15) is 4.79 Å². The van der Waals surface area contributed by atoms with Crippen LogP contribution in [0.5, 0.6) is 0 Å². The van der Waals surface area contributed by atoms with Crippen LogP contribution < -0.4 is 10.2 Å². The normalized spacial score (nSPS) is 20.3. The molecule has 7 heteroatoms. The van der Waals surface area contributed by atoms with Gasteiger partial charge < -0.3 is 19.7 Å². The highest BCUT2D eigenvalue weighted by molar-refractivity contribution is 7.18. The van der Waals surface area contributed by atoms with Gasteiger partial charge in [0.1, 0.15) is 4.88 Å². The molecule has 2 aromatic rings. The molecule has 0 bridgehead atoms. The lowest BCUT2D eigenvalue weighted by molar-refractivity contribution is 0.0861. The van der Waals surface area contributed by atoms with E-state index >= 15 is 0 Å². The van der Waals surface area contributed by atoms with Crippen molar-refractivity contribution in [3.05, 3.63) is 35.2 Å². The number of carbonyl (C=O) groups excluding carboxylic acids is 1. The van der Waals surface area contributed by atoms with Crippen molar-refractivity contribution in [3.8, 4) is 11.3 Å². The molecule has 3 heterocycles. The third-order valence-corrected chi connectivity index (χ3v) is 5.78. The number of thiazole rings is 1. The van der Waals surface area contributed by atoms with E-state index < -0.39 is 0 Å². The quantitative estimate of drug-likeness (QED) is 0.873. The van der Waals surface area contributed by atoms with Crippen LogP contribution in [0.4, 0.5) is 5.13 Å². The first-order valence-corrected chi connectivity index (χ1v) is 9.91. The number of aromatic nitrogens is 1. The molecule has 26 heavy (non-hydrogen) atoms. The Kier molecular flexibility index (Phi) is 5.48. The van der Waals surface area contributed by atoms with E-state index in [1.54, 1.807) is 0 Å². The van der Waals surface area contributed by atoms with Crippen molar-refractivity contribution in [2.75, 3.05) is 44.4 Å². The van der Waals surface area contributed by atoms with Crippen molar-refractivity contribution in [1.82, 2.24) is 10.3 Å². The van der Waals surface area contributed by atoms with Gasteiger partial charge in [-0.25, -0.2) is 4.98 Å². The third-order valence-electron chi connectivity index (χ3n) is 4.67. The zero-order valence-corrected chi connectivity index (χ0v) is 15.5. The molecule has 2 aliphatic heterocycles. The fourth-order valence-electron chi connectivity index (χ4n) is 3.24. The summed E-state index contributed by atoms with van der Waals surface area (Å²) in [5.41, 5.74) is 1.72. The van der Waals surface area contributed by atoms with Gasteiger partial charge in [0, 0.05) is 31.8 Å². The van der Waals surface area contributed by atoms with E-state index in [0.717, 1.165) is 48.9 Å². The van der Waals surface area contributed by atoms with Gasteiger partial charge in [-0.1, -0.05) is 41.7 Å². The summed E-state index contributed by atoms with van der Waals surface area (Å²) in [7, 11) is 0. The maximum Gasteiger partial charge on any atom is 0.263 e. The molecule has 1 amide bonds. The van der Waals surface area contributed by atoms with E-state index in [0.29, 0.717) is 24.6 Å². The Morgan fingerprint density at radius 3 is 2.77 bits per heavy atom. The van der Waals surface area contributed by atoms with Gasteiger partial charge in [-0.15, -0.1) is 0 Å². The number of benzene rings is 1. The first-order valence-electron chi connectivity index (χ1n) is 9.10. The zero-order chi connectivity index (χ0) is 17.8. The minimum atomic E-state index is -0.0728. The van der Waals surface area contributed by atoms with Gasteiger partial charge in [0.25, 0.3) is 5.91 Å². The molecule has 1 aromatic heterocycles. The van der Waals surface area contributed by atoms with Crippen molar-refractivity contribution in [2.24, 2.45) is 0 Å². The lowest BCUT2D eigenvalue weighted by Gasteiger charge is -2.26. The fourth-order valence-corrected chi connectivity index (χ4v) is 4.29. The van der Waals surface area contributed by atoms with Crippen molar-refractivity contribution in [3.63, 3.8) is 0 Å². The van der Waals surface area contributed by atoms with Crippen molar-refractivity contribution < 1.29 is 14.3 Å². The van der Waals surface area contributed by atoms with E-state index in [-0.39, 0.29) is 12.0 Å². The van der Waals surface area contributed by atoms with Crippen LogP contribution in [-0.4, -0.2) is 56.5 Å². The van der Waals surface area contributed by atoms with Gasteiger partial charge in [-0.2, -0.15) is 0 Å². The maximum absolute atomic E-state index is 12.9. The molecular formula is C19H23N3O3S. The Balaban J connectivity index is 1.58. The standard InChI is InChI=1S/C19H23N3O3S/c23-18(20-13-15-7-4-10-25-15)17-16(14-5-2-1-3-6-14)21-19(26-17)22-8-11-24-12-9-22/h1-3,5-6,15H,4,7-13H2,(H,20,23)/t15-/m1/s1. The zero-order valence-electron chi connectivity index (χ0n) is 14.6. The highest BCUT2D eigenvalue weighted by atomic mass is 32.1. The molecule has 4 rings (SSSR count). The molecular weight excluding hydrogens is 350 g/mol. The second kappa shape index (κ2) is 8.16. The van der Waals surface area contributed by atoms with Gasteiger partial charge >= 0.3 is 0 Å². The Labute approximate surface area is 157 Å². The highest BCUT2D eigenvalue weighted by Crippen LogP contribution is 2.33. The second-order valence-electron chi connectivity index (χ2n) is 6.48. The number of hydrogen-bond donors (Lipinski definition) is 1. The molecule has 2 saturated heterocycles. The molecule has 6 nitrogen and oxygen atoms in total. The number of rotatable bonds is 5. The lowest BCUT2D eigenvalue weighted by Crippen LogP contribution is -2.36. The largest absolute Gasteiger partial charge is 0.378 e. The number of morpholine rings is 1. The van der Waals surface area contributed by atoms with E-state index in [2.05, 4.69) is 10.2 Å². The Hall–Kier alpha value is -1.96. The summed E-state index contributed by atoms with van der Waals surface area (Å²) >= 11 is 1.46. The fraction of sp³-hybridized carbons (Fsp3) is 0.474. The van der Waals surface area contributed by atoms with Gasteiger partial charge in [-0.3, -0.25) is 4.79 Å². The topological polar surface area (TPSA) is 63.7 Å². The van der Waals surface area contributed by atoms with Crippen LogP contribution in [0.25, 0.3) is 11.3 Å². The Morgan fingerprint density at radius 2 is 2.04 bits per heavy atom. The minimum Gasteiger partial charge on any atom is -0.378 e. The molecule has 2 fully saturated rings. The van der Waals surface area contributed by atoms with Gasteiger partial charge in [0.15, 0.2) is 5.13 Å². The summed E-state index contributed by atoms with van der Waals surface area (Å²) in [5.74, 6) is -0.0728. The van der Waals surface area contributed by atoms with Crippen LogP contribution in [0.2, 0.25) is 0 Å². The van der Waals surface area contributed by atoms with Crippen LogP contribution >= 0.6 is 11.3 Å². The lowest BCUT2D eigenvalue weighted by atomic mass is 10.1. The summed E-state index contributed by atoms with van der Waals surface area (Å²) < 4.78 is 11.0. The smallest absolute Gasteiger partial charge is 0.263 e. The molecule has 138 valence electrons. The molecule has 1 atom stereocenters. The number of hydrogen-bond acceptors (Lipinski definition) is 6. The molecule has 2 aliphatic rings. The summed E-state index contributed by atoms with van der Waals surface area (Å²) in [6.45, 7) is 4.34. The molecule has 1 aromatic carbocycles. The summed E-state index contributed by atoms with van der Waals surface area (Å²) in [5, 5.41) is 3.91. The Bertz CT molecular complexity index is 738.